The van der Waals surface area contributed by atoms with Gasteiger partial charge in [0.1, 0.15) is 0 Å². The van der Waals surface area contributed by atoms with E-state index in [0.717, 1.165) is 5.56 Å². The molecule has 0 saturated carbocycles. The molecule has 1 atom stereocenters. The number of fused-ring (bicyclic) bond motifs is 2. The Bertz CT molecular complexity index is 1120. The van der Waals surface area contributed by atoms with Gasteiger partial charge in [0.25, 0.3) is 0 Å². The van der Waals surface area contributed by atoms with Gasteiger partial charge in [-0.3, -0.25) is 4.98 Å². The van der Waals surface area contributed by atoms with Gasteiger partial charge in [-0.15, -0.1) is 0 Å². The molecule has 136 valence electrons. The number of ether oxygens (including phenoxy) is 1. The number of rotatable bonds is 4. The van der Waals surface area contributed by atoms with Crippen LogP contribution in [0.4, 0.5) is 0 Å². The number of aromatic nitrogens is 1. The summed E-state index contributed by atoms with van der Waals surface area (Å²) in [6.45, 7) is 0.730. The highest BCUT2D eigenvalue weighted by molar-refractivity contribution is 7.89. The molecule has 1 aromatic heterocycles. The fourth-order valence-electron chi connectivity index (χ4n) is 3.18. The lowest BCUT2D eigenvalue weighted by molar-refractivity contribution is 0.0202. The van der Waals surface area contributed by atoms with E-state index in [1.165, 1.54) is 35.1 Å². The summed E-state index contributed by atoms with van der Waals surface area (Å²) in [5.74, 6) is -0.614. The van der Waals surface area contributed by atoms with Crippen LogP contribution in [0.5, 0.6) is 0 Å². The van der Waals surface area contributed by atoms with Crippen LogP contribution in [0.25, 0.3) is 11.1 Å². The molecule has 1 aliphatic rings. The summed E-state index contributed by atoms with van der Waals surface area (Å²) in [7, 11) is -2.18. The number of nitrogens with one attached hydrogen (secondary N) is 1. The normalized spacial score (nSPS) is 17.5. The van der Waals surface area contributed by atoms with E-state index in [0.29, 0.717) is 24.1 Å². The van der Waals surface area contributed by atoms with Crippen LogP contribution in [0.1, 0.15) is 11.1 Å². The van der Waals surface area contributed by atoms with Gasteiger partial charge in [-0.05, 0) is 29.3 Å². The van der Waals surface area contributed by atoms with Crippen molar-refractivity contribution in [3.63, 3.8) is 0 Å². The molecule has 2 aromatic carbocycles. The summed E-state index contributed by atoms with van der Waals surface area (Å²) in [4.78, 5) is 13.8. The number of hydrogen-bond donors (Lipinski definition) is 1. The number of hydrogen-bond acceptors (Lipinski definition) is 5. The second kappa shape index (κ2) is 6.39. The Morgan fingerprint density at radius 3 is 2.77 bits per heavy atom. The third-order valence-electron chi connectivity index (χ3n) is 4.60. The number of nitrogens with zero attached hydrogens (tertiary/aromatic N) is 1. The first kappa shape index (κ1) is 17.0. The molecule has 0 unspecified atom stereocenters. The van der Waals surface area contributed by atoms with Crippen molar-refractivity contribution in [3.8, 4) is 0 Å². The number of H-pyrrole nitrogens is 1. The van der Waals surface area contributed by atoms with Crippen molar-refractivity contribution in [1.29, 1.82) is 0 Å². The van der Waals surface area contributed by atoms with E-state index in [4.69, 9.17) is 9.15 Å². The molecule has 3 aromatic rings. The predicted molar refractivity (Wildman–Crippen MR) is 95.4 cm³/mol. The van der Waals surface area contributed by atoms with Gasteiger partial charge in [0.15, 0.2) is 5.58 Å². The topological polar surface area (TPSA) is 92.6 Å². The molecule has 0 radical (unpaired) electrons. The maximum atomic E-state index is 12.8. The molecular weight excluding hydrogens is 356 g/mol. The van der Waals surface area contributed by atoms with Crippen molar-refractivity contribution >= 4 is 21.1 Å². The number of oxazole rings is 1. The van der Waals surface area contributed by atoms with Crippen molar-refractivity contribution < 1.29 is 17.6 Å². The maximum Gasteiger partial charge on any atom is 0.417 e. The van der Waals surface area contributed by atoms with E-state index >= 15 is 0 Å². The highest BCUT2D eigenvalue weighted by Crippen LogP contribution is 2.23. The van der Waals surface area contributed by atoms with Crippen molar-refractivity contribution in [1.82, 2.24) is 9.29 Å². The summed E-state index contributed by atoms with van der Waals surface area (Å²) in [6, 6.07) is 12.3. The molecule has 1 aliphatic heterocycles. The lowest BCUT2D eigenvalue weighted by Gasteiger charge is -2.28. The first-order valence-electron chi connectivity index (χ1n) is 8.21. The minimum atomic E-state index is -3.71. The van der Waals surface area contributed by atoms with Gasteiger partial charge in [-0.25, -0.2) is 13.2 Å². The Balaban J connectivity index is 1.54. The zero-order valence-electron chi connectivity index (χ0n) is 14.1. The molecule has 0 fully saturated rings. The Morgan fingerprint density at radius 2 is 1.96 bits per heavy atom. The third kappa shape index (κ3) is 3.07. The molecular formula is C18H18N2O5S. The van der Waals surface area contributed by atoms with Gasteiger partial charge in [0.05, 0.1) is 23.1 Å². The molecule has 8 heteroatoms. The average Bonchev–Trinajstić information content (AvgIpc) is 3.00. The molecule has 0 amide bonds. The molecule has 1 N–H and O–H groups in total. The van der Waals surface area contributed by atoms with Crippen LogP contribution >= 0.6 is 0 Å². The smallest absolute Gasteiger partial charge is 0.408 e. The van der Waals surface area contributed by atoms with E-state index in [1.807, 2.05) is 24.3 Å². The van der Waals surface area contributed by atoms with Crippen LogP contribution in [0.15, 0.2) is 56.6 Å². The van der Waals surface area contributed by atoms with Crippen molar-refractivity contribution in [3.05, 3.63) is 64.1 Å². The number of sulfonamides is 1. The zero-order chi connectivity index (χ0) is 18.3. The van der Waals surface area contributed by atoms with E-state index in [1.54, 1.807) is 0 Å². The Hall–Kier alpha value is -2.42. The van der Waals surface area contributed by atoms with Gasteiger partial charge in [0.2, 0.25) is 10.0 Å². The highest BCUT2D eigenvalue weighted by atomic mass is 32.2. The van der Waals surface area contributed by atoms with Crippen molar-refractivity contribution in [2.45, 2.75) is 24.0 Å². The predicted octanol–water partition coefficient (Wildman–Crippen LogP) is 1.88. The van der Waals surface area contributed by atoms with Crippen LogP contribution in [-0.4, -0.2) is 37.4 Å². The minimum absolute atomic E-state index is 0.0979. The van der Waals surface area contributed by atoms with Crippen molar-refractivity contribution in [2.24, 2.45) is 0 Å². The maximum absolute atomic E-state index is 12.8. The van der Waals surface area contributed by atoms with Crippen LogP contribution in [-0.2, 0) is 27.8 Å². The first-order chi connectivity index (χ1) is 12.4. The standard InChI is InChI=1S/C18H18N2O5S/c1-20(10-14-8-12-4-2-3-5-13(12)11-24-14)26(22,23)15-6-7-17-16(9-15)19-18(21)25-17/h2-7,9,14H,8,10-11H2,1H3,(H,19,21)/t14-/m1/s1. The summed E-state index contributed by atoms with van der Waals surface area (Å²) in [5, 5.41) is 0. The Labute approximate surface area is 150 Å². The number of aromatic amines is 1. The summed E-state index contributed by atoms with van der Waals surface area (Å²) in [6.07, 6.45) is 0.464. The molecule has 0 spiro atoms. The van der Waals surface area contributed by atoms with E-state index in [9.17, 15) is 13.2 Å². The van der Waals surface area contributed by atoms with Crippen molar-refractivity contribution in [2.75, 3.05) is 13.6 Å². The lowest BCUT2D eigenvalue weighted by Crippen LogP contribution is -2.38. The summed E-state index contributed by atoms with van der Waals surface area (Å²) >= 11 is 0. The Kier molecular flexibility index (Phi) is 4.18. The number of benzene rings is 2. The zero-order valence-corrected chi connectivity index (χ0v) is 15.0. The lowest BCUT2D eigenvalue weighted by atomic mass is 9.99. The van der Waals surface area contributed by atoms with Crippen LogP contribution in [0, 0.1) is 0 Å². The largest absolute Gasteiger partial charge is 0.417 e. The third-order valence-corrected chi connectivity index (χ3v) is 6.42. The molecule has 0 saturated heterocycles. The van der Waals surface area contributed by atoms with Crippen LogP contribution in [0.3, 0.4) is 0 Å². The quantitative estimate of drug-likeness (QED) is 0.753. The molecule has 2 heterocycles. The summed E-state index contributed by atoms with van der Waals surface area (Å²) < 4.78 is 37.7. The fraction of sp³-hybridized carbons (Fsp3) is 0.278. The van der Waals surface area contributed by atoms with Crippen LogP contribution < -0.4 is 5.76 Å². The van der Waals surface area contributed by atoms with E-state index in [2.05, 4.69) is 4.98 Å². The summed E-state index contributed by atoms with van der Waals surface area (Å²) in [5.41, 5.74) is 3.01. The first-order valence-corrected chi connectivity index (χ1v) is 9.65. The van der Waals surface area contributed by atoms with Gasteiger partial charge in [-0.2, -0.15) is 4.31 Å². The molecule has 26 heavy (non-hydrogen) atoms. The molecule has 4 rings (SSSR count). The van der Waals surface area contributed by atoms with Crippen LogP contribution in [0.2, 0.25) is 0 Å². The number of likely N-dealkylation sites (N-methyl/N-ethyl adjacent to an activating group) is 1. The highest BCUT2D eigenvalue weighted by Gasteiger charge is 2.27. The average molecular weight is 374 g/mol. The SMILES string of the molecule is CN(C[C@H]1Cc2ccccc2CO1)S(=O)(=O)c1ccc2oc(=O)[nH]c2c1. The van der Waals surface area contributed by atoms with Gasteiger partial charge in [-0.1, -0.05) is 24.3 Å². The van der Waals surface area contributed by atoms with E-state index in [-0.39, 0.29) is 17.5 Å². The fourth-order valence-corrected chi connectivity index (χ4v) is 4.41. The Morgan fingerprint density at radius 1 is 1.19 bits per heavy atom. The second-order valence-corrected chi connectivity index (χ2v) is 8.41. The van der Waals surface area contributed by atoms with Gasteiger partial charge < -0.3 is 9.15 Å². The van der Waals surface area contributed by atoms with E-state index < -0.39 is 15.8 Å². The second-order valence-electron chi connectivity index (χ2n) is 6.36. The monoisotopic (exact) mass is 374 g/mol. The van der Waals surface area contributed by atoms with Gasteiger partial charge >= 0.3 is 5.76 Å². The molecule has 7 nitrogen and oxygen atoms in total. The minimum Gasteiger partial charge on any atom is -0.408 e. The van der Waals surface area contributed by atoms with Gasteiger partial charge in [0, 0.05) is 20.0 Å². The molecule has 0 bridgehead atoms. The molecule has 0 aliphatic carbocycles.